The molecule has 2 fully saturated rings. The number of amides is 1. The highest BCUT2D eigenvalue weighted by Gasteiger charge is 2.45. The number of benzene rings is 3. The molecule has 2 aliphatic heterocycles. The Morgan fingerprint density at radius 1 is 1.03 bits per heavy atom. The van der Waals surface area contributed by atoms with E-state index in [1.807, 2.05) is 23.1 Å². The number of fused-ring (bicyclic) bond motifs is 1. The van der Waals surface area contributed by atoms with E-state index in [0.29, 0.717) is 27.9 Å². The number of piperidine rings is 1. The van der Waals surface area contributed by atoms with Crippen LogP contribution in [0.15, 0.2) is 66.7 Å². The van der Waals surface area contributed by atoms with E-state index in [2.05, 4.69) is 32.1 Å². The first kappa shape index (κ1) is 25.0. The molecule has 1 spiro atoms. The number of H-pyrrole nitrogens is 1. The van der Waals surface area contributed by atoms with E-state index in [-0.39, 0.29) is 17.1 Å². The normalized spacial score (nSPS) is 16.4. The van der Waals surface area contributed by atoms with Crippen molar-refractivity contribution < 1.29 is 22.7 Å². The fraction of sp³-hybridized carbons (Fsp3) is 0.267. The summed E-state index contributed by atoms with van der Waals surface area (Å²) in [4.78, 5) is 15.1. The van der Waals surface area contributed by atoms with E-state index in [9.17, 15) is 18.0 Å². The molecular formula is C30H25F3N4O2. The third-order valence-corrected chi connectivity index (χ3v) is 7.33. The van der Waals surface area contributed by atoms with Crippen molar-refractivity contribution in [3.05, 3.63) is 83.6 Å². The largest absolute Gasteiger partial charge is 0.573 e. The first-order chi connectivity index (χ1) is 18.8. The van der Waals surface area contributed by atoms with Crippen molar-refractivity contribution in [1.29, 1.82) is 0 Å². The van der Waals surface area contributed by atoms with Crippen LogP contribution in [0.4, 0.5) is 13.2 Å². The van der Waals surface area contributed by atoms with Gasteiger partial charge in [-0.05, 0) is 72.8 Å². The fourth-order valence-corrected chi connectivity index (χ4v) is 5.46. The lowest BCUT2D eigenvalue weighted by molar-refractivity contribution is -0.274. The molecule has 4 aromatic rings. The molecule has 0 saturated carbocycles. The van der Waals surface area contributed by atoms with E-state index < -0.39 is 6.36 Å². The van der Waals surface area contributed by atoms with Gasteiger partial charge in [0.05, 0.1) is 5.52 Å². The Hall–Kier alpha value is -4.29. The lowest BCUT2D eigenvalue weighted by Gasteiger charge is -2.52. The average molecular weight is 531 g/mol. The number of hydrogen-bond donors (Lipinski definition) is 2. The number of nitrogens with zero attached hydrogens (tertiary/aromatic N) is 2. The quantitative estimate of drug-likeness (QED) is 0.350. The zero-order valence-electron chi connectivity index (χ0n) is 20.9. The van der Waals surface area contributed by atoms with E-state index in [1.165, 1.54) is 18.2 Å². The number of ether oxygens (including phenoxy) is 1. The van der Waals surface area contributed by atoms with Gasteiger partial charge < -0.3 is 15.0 Å². The summed E-state index contributed by atoms with van der Waals surface area (Å²) < 4.78 is 42.2. The number of carbonyl (C=O) groups excluding carboxylic acids is 1. The Morgan fingerprint density at radius 2 is 1.87 bits per heavy atom. The second-order valence-corrected chi connectivity index (χ2v) is 10.1. The first-order valence-corrected chi connectivity index (χ1v) is 12.7. The predicted octanol–water partition coefficient (Wildman–Crippen LogP) is 5.35. The third kappa shape index (κ3) is 5.20. The fourth-order valence-electron chi connectivity index (χ4n) is 5.46. The molecule has 198 valence electrons. The van der Waals surface area contributed by atoms with Crippen LogP contribution in [0.1, 0.15) is 34.5 Å². The monoisotopic (exact) mass is 530 g/mol. The third-order valence-electron chi connectivity index (χ3n) is 7.33. The molecule has 1 amide bonds. The second kappa shape index (κ2) is 9.79. The number of halogens is 3. The highest BCUT2D eigenvalue weighted by molar-refractivity contribution is 5.99. The average Bonchev–Trinajstić information content (AvgIpc) is 3.32. The molecule has 6 nitrogen and oxygen atoms in total. The number of hydrogen-bond acceptors (Lipinski definition) is 4. The van der Waals surface area contributed by atoms with Crippen molar-refractivity contribution >= 4 is 16.8 Å². The Morgan fingerprint density at radius 3 is 2.67 bits per heavy atom. The molecule has 6 rings (SSSR count). The number of rotatable bonds is 3. The summed E-state index contributed by atoms with van der Waals surface area (Å²) in [5.41, 5.74) is 3.87. The van der Waals surface area contributed by atoms with Gasteiger partial charge in [-0.1, -0.05) is 36.3 Å². The van der Waals surface area contributed by atoms with Crippen molar-refractivity contribution in [2.24, 2.45) is 5.41 Å². The van der Waals surface area contributed by atoms with E-state index in [4.69, 9.17) is 0 Å². The lowest BCUT2D eigenvalue weighted by atomic mass is 9.74. The van der Waals surface area contributed by atoms with Gasteiger partial charge in [-0.3, -0.25) is 9.89 Å². The molecule has 9 heteroatoms. The van der Waals surface area contributed by atoms with Gasteiger partial charge in [-0.25, -0.2) is 0 Å². The van der Waals surface area contributed by atoms with Crippen LogP contribution in [0.2, 0.25) is 0 Å². The maximum atomic E-state index is 13.2. The molecule has 0 bridgehead atoms. The van der Waals surface area contributed by atoms with Gasteiger partial charge in [0, 0.05) is 41.6 Å². The maximum absolute atomic E-state index is 13.2. The Kier molecular flexibility index (Phi) is 6.28. The molecule has 1 aromatic heterocycles. The number of alkyl halides is 3. The number of carbonyl (C=O) groups is 1. The highest BCUT2D eigenvalue weighted by atomic mass is 19.4. The van der Waals surface area contributed by atoms with Crippen LogP contribution < -0.4 is 10.1 Å². The van der Waals surface area contributed by atoms with Gasteiger partial charge in [0.15, 0.2) is 0 Å². The molecule has 39 heavy (non-hydrogen) atoms. The van der Waals surface area contributed by atoms with Crippen molar-refractivity contribution in [2.75, 3.05) is 26.2 Å². The summed E-state index contributed by atoms with van der Waals surface area (Å²) in [6.45, 7) is 3.53. The van der Waals surface area contributed by atoms with E-state index >= 15 is 0 Å². The molecule has 0 unspecified atom stereocenters. The number of aromatic nitrogens is 2. The molecule has 3 aromatic carbocycles. The smallest absolute Gasteiger partial charge is 0.406 e. The van der Waals surface area contributed by atoms with Gasteiger partial charge in [-0.2, -0.15) is 5.10 Å². The van der Waals surface area contributed by atoms with Crippen LogP contribution in [-0.4, -0.2) is 53.5 Å². The maximum Gasteiger partial charge on any atom is 0.573 e. The number of aromatic amines is 1. The highest BCUT2D eigenvalue weighted by Crippen LogP contribution is 2.37. The first-order valence-electron chi connectivity index (χ1n) is 12.7. The number of likely N-dealkylation sites (tertiary alicyclic amines) is 1. The van der Waals surface area contributed by atoms with E-state index in [0.717, 1.165) is 49.9 Å². The Labute approximate surface area is 223 Å². The van der Waals surface area contributed by atoms with Crippen molar-refractivity contribution in [3.8, 4) is 28.7 Å². The summed E-state index contributed by atoms with van der Waals surface area (Å²) in [6.07, 6.45) is -2.49. The molecule has 2 N–H and O–H groups in total. The number of nitrogens with one attached hydrogen (secondary N) is 2. The van der Waals surface area contributed by atoms with Gasteiger partial charge >= 0.3 is 6.36 Å². The van der Waals surface area contributed by atoms with Crippen LogP contribution in [0, 0.1) is 17.3 Å². The van der Waals surface area contributed by atoms with Crippen molar-refractivity contribution in [1.82, 2.24) is 20.4 Å². The van der Waals surface area contributed by atoms with Gasteiger partial charge in [-0.15, -0.1) is 13.2 Å². The van der Waals surface area contributed by atoms with Gasteiger partial charge in [0.25, 0.3) is 5.91 Å². The summed E-state index contributed by atoms with van der Waals surface area (Å²) in [5.74, 6) is 5.89. The predicted molar refractivity (Wildman–Crippen MR) is 141 cm³/mol. The van der Waals surface area contributed by atoms with Crippen LogP contribution >= 0.6 is 0 Å². The lowest BCUT2D eigenvalue weighted by Crippen LogP contribution is -2.63. The summed E-state index contributed by atoms with van der Waals surface area (Å²) >= 11 is 0. The molecule has 2 saturated heterocycles. The van der Waals surface area contributed by atoms with Gasteiger partial charge in [0.2, 0.25) is 0 Å². The molecule has 0 aliphatic carbocycles. The van der Waals surface area contributed by atoms with Gasteiger partial charge in [0.1, 0.15) is 11.4 Å². The molecule has 0 radical (unpaired) electrons. The Balaban J connectivity index is 1.26. The summed E-state index contributed by atoms with van der Waals surface area (Å²) in [6, 6.07) is 18.4. The van der Waals surface area contributed by atoms with Crippen LogP contribution in [0.3, 0.4) is 0 Å². The van der Waals surface area contributed by atoms with E-state index in [1.54, 1.807) is 30.3 Å². The molecule has 3 heterocycles. The molecule has 0 atom stereocenters. The van der Waals surface area contributed by atoms with Crippen molar-refractivity contribution in [3.63, 3.8) is 0 Å². The molecular weight excluding hydrogens is 505 g/mol. The zero-order chi connectivity index (χ0) is 27.0. The standard InChI is InChI=1S/C30H25F3N4O2/c31-30(32,33)39-23-7-3-6-21(15-23)24-8-2-1-5-20(24)9-11-26-25-16-22(10-12-27(25)36-35-26)28(38)37-18-29(19-37)13-4-14-34-17-29/h1-3,5-8,10,12,15-16,34H,4,13-14,17-19H2,(H,35,36). The molecule has 2 aliphatic rings. The minimum absolute atomic E-state index is 0.000453. The summed E-state index contributed by atoms with van der Waals surface area (Å²) in [5, 5.41) is 11.5. The minimum atomic E-state index is -4.77. The summed E-state index contributed by atoms with van der Waals surface area (Å²) in [7, 11) is 0. The zero-order valence-corrected chi connectivity index (χ0v) is 20.9. The SMILES string of the molecule is O=C(c1ccc2[nH]nc(C#Cc3ccccc3-c3cccc(OC(F)(F)F)c3)c2c1)N1CC2(CCCNC2)C1. The van der Waals surface area contributed by atoms with Crippen LogP contribution in [0.5, 0.6) is 5.75 Å². The van der Waals surface area contributed by atoms with Crippen LogP contribution in [0.25, 0.3) is 22.0 Å². The Bertz CT molecular complexity index is 1600. The van der Waals surface area contributed by atoms with Crippen molar-refractivity contribution in [2.45, 2.75) is 19.2 Å². The second-order valence-electron chi connectivity index (χ2n) is 10.1. The minimum Gasteiger partial charge on any atom is -0.406 e. The topological polar surface area (TPSA) is 70.2 Å². The van der Waals surface area contributed by atoms with Crippen LogP contribution in [-0.2, 0) is 0 Å².